The van der Waals surface area contributed by atoms with Crippen molar-refractivity contribution in [1.29, 1.82) is 0 Å². The number of hydrogen-bond acceptors (Lipinski definition) is 2. The van der Waals surface area contributed by atoms with Crippen LogP contribution < -0.4 is 5.32 Å². The maximum Gasteiger partial charge on any atom is 0.0349 e. The van der Waals surface area contributed by atoms with Gasteiger partial charge >= 0.3 is 0 Å². The van der Waals surface area contributed by atoms with Gasteiger partial charge in [0.05, 0.1) is 0 Å². The lowest BCUT2D eigenvalue weighted by molar-refractivity contribution is 0.116. The molecule has 2 aromatic carbocycles. The van der Waals surface area contributed by atoms with Crippen LogP contribution in [-0.4, -0.2) is 30.1 Å². The second kappa shape index (κ2) is 7.33. The fraction of sp³-hybridized carbons (Fsp3) is 0.500. The molecular formula is C20H27BrN2. The zero-order chi connectivity index (χ0) is 16.4. The molecule has 2 nitrogen and oxygen atoms in total. The minimum atomic E-state index is 0.528. The summed E-state index contributed by atoms with van der Waals surface area (Å²) in [5, 5.41) is 6.29. The van der Waals surface area contributed by atoms with E-state index in [0.29, 0.717) is 18.1 Å². The lowest BCUT2D eigenvalue weighted by atomic mass is 9.95. The third-order valence-corrected chi connectivity index (χ3v) is 5.29. The number of halogens is 1. The summed E-state index contributed by atoms with van der Waals surface area (Å²) in [7, 11) is 0. The number of nitrogens with zero attached hydrogens (tertiary/aromatic N) is 1. The fourth-order valence-electron chi connectivity index (χ4n) is 3.90. The Bertz CT molecular complexity index is 660. The highest BCUT2D eigenvalue weighted by Crippen LogP contribution is 2.30. The summed E-state index contributed by atoms with van der Waals surface area (Å²) in [6.07, 6.45) is 2.44. The predicted octanol–water partition coefficient (Wildman–Crippen LogP) is 5.13. The van der Waals surface area contributed by atoms with Crippen molar-refractivity contribution in [3.8, 4) is 0 Å². The molecule has 1 N–H and O–H groups in total. The van der Waals surface area contributed by atoms with E-state index in [1.807, 2.05) is 0 Å². The van der Waals surface area contributed by atoms with Crippen LogP contribution in [0.3, 0.4) is 0 Å². The van der Waals surface area contributed by atoms with Crippen molar-refractivity contribution in [3.05, 3.63) is 46.4 Å². The topological polar surface area (TPSA) is 15.3 Å². The first-order chi connectivity index (χ1) is 11.1. The Kier molecular flexibility index (Phi) is 5.40. The molecule has 124 valence electrons. The minimum absolute atomic E-state index is 0.528. The van der Waals surface area contributed by atoms with E-state index in [2.05, 4.69) is 83.3 Å². The number of piperazine rings is 1. The molecule has 2 aromatic rings. The Balaban J connectivity index is 1.92. The van der Waals surface area contributed by atoms with Crippen molar-refractivity contribution in [2.24, 2.45) is 0 Å². The van der Waals surface area contributed by atoms with E-state index >= 15 is 0 Å². The SMILES string of the molecule is CCCC(c1ccc2cc(Br)ccc2c1)N1C[C@@H](C)N[C@@H](C)C1. The molecule has 0 amide bonds. The van der Waals surface area contributed by atoms with Gasteiger partial charge in [-0.2, -0.15) is 0 Å². The van der Waals surface area contributed by atoms with E-state index in [9.17, 15) is 0 Å². The molecule has 3 heteroatoms. The molecule has 0 bridgehead atoms. The maximum atomic E-state index is 3.65. The number of hydrogen-bond donors (Lipinski definition) is 1. The molecule has 0 saturated carbocycles. The van der Waals surface area contributed by atoms with Gasteiger partial charge in [-0.3, -0.25) is 4.90 Å². The number of fused-ring (bicyclic) bond motifs is 1. The molecule has 0 aliphatic carbocycles. The molecule has 1 unspecified atom stereocenters. The Morgan fingerprint density at radius 3 is 2.43 bits per heavy atom. The molecule has 0 radical (unpaired) electrons. The summed E-state index contributed by atoms with van der Waals surface area (Å²) in [6.45, 7) is 9.15. The van der Waals surface area contributed by atoms with E-state index in [1.165, 1.54) is 29.2 Å². The average molecular weight is 375 g/mol. The summed E-state index contributed by atoms with van der Waals surface area (Å²) in [5.41, 5.74) is 1.46. The Morgan fingerprint density at radius 2 is 1.74 bits per heavy atom. The molecule has 23 heavy (non-hydrogen) atoms. The van der Waals surface area contributed by atoms with Crippen LogP contribution in [-0.2, 0) is 0 Å². The highest BCUT2D eigenvalue weighted by molar-refractivity contribution is 9.10. The van der Waals surface area contributed by atoms with Crippen molar-refractivity contribution < 1.29 is 0 Å². The first-order valence-corrected chi connectivity index (χ1v) is 9.55. The van der Waals surface area contributed by atoms with E-state index in [4.69, 9.17) is 0 Å². The second-order valence-electron chi connectivity index (χ2n) is 6.98. The summed E-state index contributed by atoms with van der Waals surface area (Å²) in [6, 6.07) is 15.2. The van der Waals surface area contributed by atoms with Crippen LogP contribution in [0.5, 0.6) is 0 Å². The smallest absolute Gasteiger partial charge is 0.0349 e. The molecule has 0 aromatic heterocycles. The summed E-state index contributed by atoms with van der Waals surface area (Å²) >= 11 is 3.57. The average Bonchev–Trinajstić information content (AvgIpc) is 2.51. The predicted molar refractivity (Wildman–Crippen MR) is 103 cm³/mol. The van der Waals surface area contributed by atoms with Gasteiger partial charge in [0.15, 0.2) is 0 Å². The summed E-state index contributed by atoms with van der Waals surface area (Å²) in [5.74, 6) is 0. The minimum Gasteiger partial charge on any atom is -0.309 e. The highest BCUT2D eigenvalue weighted by Gasteiger charge is 2.27. The Labute approximate surface area is 148 Å². The molecular weight excluding hydrogens is 348 g/mol. The largest absolute Gasteiger partial charge is 0.309 e. The molecule has 0 spiro atoms. The third-order valence-electron chi connectivity index (χ3n) is 4.80. The van der Waals surface area contributed by atoms with E-state index in [-0.39, 0.29) is 0 Å². The van der Waals surface area contributed by atoms with E-state index in [0.717, 1.165) is 17.6 Å². The Hall–Kier alpha value is -0.900. The van der Waals surface area contributed by atoms with Gasteiger partial charge in [0.1, 0.15) is 0 Å². The van der Waals surface area contributed by atoms with Crippen LogP contribution in [0.25, 0.3) is 10.8 Å². The maximum absolute atomic E-state index is 3.65. The van der Waals surface area contributed by atoms with Crippen molar-refractivity contribution in [2.45, 2.75) is 51.7 Å². The number of nitrogens with one attached hydrogen (secondary N) is 1. The van der Waals surface area contributed by atoms with Gasteiger partial charge in [-0.15, -0.1) is 0 Å². The Morgan fingerprint density at radius 1 is 1.09 bits per heavy atom. The monoisotopic (exact) mass is 374 g/mol. The van der Waals surface area contributed by atoms with Gasteiger partial charge in [0.2, 0.25) is 0 Å². The normalized spacial score (nSPS) is 24.0. The lowest BCUT2D eigenvalue weighted by Crippen LogP contribution is -2.54. The lowest BCUT2D eigenvalue weighted by Gasteiger charge is -2.41. The van der Waals surface area contributed by atoms with E-state index in [1.54, 1.807) is 0 Å². The first kappa shape index (κ1) is 16.9. The molecule has 1 heterocycles. The third kappa shape index (κ3) is 3.96. The van der Waals surface area contributed by atoms with Crippen molar-refractivity contribution in [3.63, 3.8) is 0 Å². The van der Waals surface area contributed by atoms with Crippen molar-refractivity contribution >= 4 is 26.7 Å². The van der Waals surface area contributed by atoms with Crippen LogP contribution in [0.2, 0.25) is 0 Å². The van der Waals surface area contributed by atoms with Gasteiger partial charge in [0, 0.05) is 35.7 Å². The number of rotatable bonds is 4. The van der Waals surface area contributed by atoms with Gasteiger partial charge in [-0.1, -0.05) is 47.5 Å². The van der Waals surface area contributed by atoms with Crippen LogP contribution in [0.4, 0.5) is 0 Å². The quantitative estimate of drug-likeness (QED) is 0.797. The van der Waals surface area contributed by atoms with Crippen LogP contribution in [0, 0.1) is 0 Å². The zero-order valence-corrected chi connectivity index (χ0v) is 15.9. The molecule has 1 saturated heterocycles. The van der Waals surface area contributed by atoms with Crippen LogP contribution in [0.15, 0.2) is 40.9 Å². The van der Waals surface area contributed by atoms with Crippen LogP contribution >= 0.6 is 15.9 Å². The first-order valence-electron chi connectivity index (χ1n) is 8.76. The van der Waals surface area contributed by atoms with Crippen molar-refractivity contribution in [2.75, 3.05) is 13.1 Å². The van der Waals surface area contributed by atoms with Gasteiger partial charge in [-0.25, -0.2) is 0 Å². The standard InChI is InChI=1S/C20H27BrN2/c1-4-5-20(23-12-14(2)22-15(3)13-23)18-7-6-17-11-19(21)9-8-16(17)10-18/h6-11,14-15,20,22H,4-5,12-13H2,1-3H3/t14-,15+,20?. The van der Waals surface area contributed by atoms with Crippen molar-refractivity contribution in [1.82, 2.24) is 10.2 Å². The molecule has 1 aliphatic heterocycles. The molecule has 1 aliphatic rings. The summed E-state index contributed by atoms with van der Waals surface area (Å²) < 4.78 is 1.15. The van der Waals surface area contributed by atoms with E-state index < -0.39 is 0 Å². The highest BCUT2D eigenvalue weighted by atomic mass is 79.9. The van der Waals surface area contributed by atoms with Gasteiger partial charge in [0.25, 0.3) is 0 Å². The van der Waals surface area contributed by atoms with Gasteiger partial charge < -0.3 is 5.32 Å². The van der Waals surface area contributed by atoms with Crippen LogP contribution in [0.1, 0.15) is 45.2 Å². The molecule has 3 atom stereocenters. The molecule has 1 fully saturated rings. The second-order valence-corrected chi connectivity index (χ2v) is 7.89. The fourth-order valence-corrected chi connectivity index (χ4v) is 4.28. The van der Waals surface area contributed by atoms with Gasteiger partial charge in [-0.05, 0) is 54.8 Å². The molecule has 3 rings (SSSR count). The zero-order valence-electron chi connectivity index (χ0n) is 14.3. The summed E-state index contributed by atoms with van der Waals surface area (Å²) in [4.78, 5) is 2.68. The number of benzene rings is 2.